The molecule has 0 aliphatic carbocycles. The Kier molecular flexibility index (Phi) is 8.35. The second kappa shape index (κ2) is 10.7. The highest BCUT2D eigenvalue weighted by Crippen LogP contribution is 2.29. The lowest BCUT2D eigenvalue weighted by Gasteiger charge is -2.13. The molecular weight excluding hydrogens is 416 g/mol. The number of carbonyl (C=O) groups excluding carboxylic acids is 2. The van der Waals surface area contributed by atoms with Crippen LogP contribution in [0.2, 0.25) is 5.02 Å². The van der Waals surface area contributed by atoms with Gasteiger partial charge in [-0.3, -0.25) is 14.4 Å². The van der Waals surface area contributed by atoms with Gasteiger partial charge >= 0.3 is 5.97 Å². The van der Waals surface area contributed by atoms with Gasteiger partial charge in [-0.15, -0.1) is 11.8 Å². The predicted molar refractivity (Wildman–Crippen MR) is 114 cm³/mol. The van der Waals surface area contributed by atoms with Crippen LogP contribution in [0.1, 0.15) is 19.8 Å². The van der Waals surface area contributed by atoms with E-state index in [2.05, 4.69) is 10.6 Å². The normalized spacial score (nSPS) is 11.4. The summed E-state index contributed by atoms with van der Waals surface area (Å²) < 4.78 is 5.09. The number of hydrogen-bond donors (Lipinski definition) is 3. The first-order valence-corrected chi connectivity index (χ1v) is 9.97. The van der Waals surface area contributed by atoms with Gasteiger partial charge < -0.3 is 20.5 Å². The largest absolute Gasteiger partial charge is 0.495 e. The van der Waals surface area contributed by atoms with Gasteiger partial charge in [-0.05, 0) is 49.4 Å². The van der Waals surface area contributed by atoms with E-state index >= 15 is 0 Å². The van der Waals surface area contributed by atoms with Crippen LogP contribution in [0, 0.1) is 0 Å². The summed E-state index contributed by atoms with van der Waals surface area (Å²) in [6, 6.07) is 12.0. The SMILES string of the molecule is COc1ccc(NC(=O)C(C)Sc2ccc(NC(=O)CCC(=O)O)cc2)cc1Cl. The molecule has 2 rings (SSSR count). The number of carbonyl (C=O) groups is 3. The Bertz CT molecular complexity index is 889. The Balaban J connectivity index is 1.88. The highest BCUT2D eigenvalue weighted by molar-refractivity contribution is 8.00. The third-order valence-electron chi connectivity index (χ3n) is 3.81. The number of ether oxygens (including phenoxy) is 1. The van der Waals surface area contributed by atoms with Gasteiger partial charge in [0.1, 0.15) is 5.75 Å². The van der Waals surface area contributed by atoms with E-state index in [0.717, 1.165) is 4.90 Å². The minimum absolute atomic E-state index is 0.0849. The number of amides is 2. The number of carboxylic acid groups (broad SMARTS) is 1. The van der Waals surface area contributed by atoms with Gasteiger partial charge in [0.25, 0.3) is 0 Å². The zero-order valence-corrected chi connectivity index (χ0v) is 17.5. The van der Waals surface area contributed by atoms with Gasteiger partial charge in [0.15, 0.2) is 0 Å². The van der Waals surface area contributed by atoms with Crippen LogP contribution in [0.5, 0.6) is 5.75 Å². The molecular formula is C20H21ClN2O5S. The van der Waals surface area contributed by atoms with Crippen LogP contribution in [0.4, 0.5) is 11.4 Å². The van der Waals surface area contributed by atoms with Crippen molar-refractivity contribution in [2.75, 3.05) is 17.7 Å². The summed E-state index contributed by atoms with van der Waals surface area (Å²) >= 11 is 7.43. The standard InChI is InChI=1S/C20H21ClN2O5S/c1-12(20(27)23-14-5-8-17(28-2)16(21)11-14)29-15-6-3-13(4-7-15)22-18(24)9-10-19(25)26/h3-8,11-12H,9-10H2,1-2H3,(H,22,24)(H,23,27)(H,25,26). The molecule has 2 aromatic carbocycles. The van der Waals surface area contributed by atoms with Gasteiger partial charge in [-0.25, -0.2) is 0 Å². The van der Waals surface area contributed by atoms with Crippen molar-refractivity contribution in [1.29, 1.82) is 0 Å². The molecule has 7 nitrogen and oxygen atoms in total. The van der Waals surface area contributed by atoms with Crippen LogP contribution in [-0.4, -0.2) is 35.2 Å². The Morgan fingerprint density at radius 3 is 2.31 bits per heavy atom. The number of carboxylic acids is 1. The molecule has 154 valence electrons. The molecule has 0 radical (unpaired) electrons. The Morgan fingerprint density at radius 1 is 1.07 bits per heavy atom. The number of anilines is 2. The van der Waals surface area contributed by atoms with Gasteiger partial charge in [0.2, 0.25) is 11.8 Å². The third kappa shape index (κ3) is 7.32. The molecule has 0 aliphatic heterocycles. The topological polar surface area (TPSA) is 105 Å². The molecule has 1 atom stereocenters. The minimum atomic E-state index is -1.02. The van der Waals surface area contributed by atoms with E-state index in [1.807, 2.05) is 0 Å². The monoisotopic (exact) mass is 436 g/mol. The molecule has 0 bridgehead atoms. The molecule has 0 aliphatic rings. The van der Waals surface area contributed by atoms with E-state index in [9.17, 15) is 14.4 Å². The maximum absolute atomic E-state index is 12.4. The molecule has 2 aromatic rings. The maximum Gasteiger partial charge on any atom is 0.303 e. The molecule has 1 unspecified atom stereocenters. The van der Waals surface area contributed by atoms with Gasteiger partial charge in [-0.1, -0.05) is 11.6 Å². The average molecular weight is 437 g/mol. The lowest BCUT2D eigenvalue weighted by atomic mass is 10.2. The number of halogens is 1. The lowest BCUT2D eigenvalue weighted by Crippen LogP contribution is -2.22. The zero-order chi connectivity index (χ0) is 21.4. The summed E-state index contributed by atoms with van der Waals surface area (Å²) in [4.78, 5) is 35.4. The van der Waals surface area contributed by atoms with Crippen molar-refractivity contribution in [2.45, 2.75) is 29.9 Å². The molecule has 0 heterocycles. The van der Waals surface area contributed by atoms with Crippen LogP contribution in [-0.2, 0) is 14.4 Å². The number of methoxy groups -OCH3 is 1. The van der Waals surface area contributed by atoms with Crippen LogP contribution in [0.15, 0.2) is 47.4 Å². The van der Waals surface area contributed by atoms with Crippen molar-refractivity contribution < 1.29 is 24.2 Å². The van der Waals surface area contributed by atoms with Crippen molar-refractivity contribution >= 4 is 52.5 Å². The second-order valence-corrected chi connectivity index (χ2v) is 7.89. The maximum atomic E-state index is 12.4. The highest BCUT2D eigenvalue weighted by atomic mass is 35.5. The molecule has 9 heteroatoms. The summed E-state index contributed by atoms with van der Waals surface area (Å²) in [6.45, 7) is 1.78. The van der Waals surface area contributed by atoms with E-state index in [1.54, 1.807) is 49.4 Å². The Hall–Kier alpha value is -2.71. The number of thioether (sulfide) groups is 1. The number of aliphatic carboxylic acids is 1. The van der Waals surface area contributed by atoms with Crippen molar-refractivity contribution in [1.82, 2.24) is 0 Å². The van der Waals surface area contributed by atoms with E-state index in [-0.39, 0.29) is 29.9 Å². The second-order valence-electron chi connectivity index (χ2n) is 6.06. The van der Waals surface area contributed by atoms with Gasteiger partial charge in [-0.2, -0.15) is 0 Å². The van der Waals surface area contributed by atoms with E-state index in [0.29, 0.717) is 22.1 Å². The molecule has 0 saturated heterocycles. The average Bonchev–Trinajstić information content (AvgIpc) is 2.68. The molecule has 0 fully saturated rings. The van der Waals surface area contributed by atoms with Crippen LogP contribution >= 0.6 is 23.4 Å². The highest BCUT2D eigenvalue weighted by Gasteiger charge is 2.15. The number of hydrogen-bond acceptors (Lipinski definition) is 5. The molecule has 0 saturated carbocycles. The predicted octanol–water partition coefficient (Wildman–Crippen LogP) is 4.27. The molecule has 29 heavy (non-hydrogen) atoms. The fourth-order valence-corrected chi connectivity index (χ4v) is 3.43. The summed E-state index contributed by atoms with van der Waals surface area (Å²) in [5.41, 5.74) is 1.14. The van der Waals surface area contributed by atoms with Gasteiger partial charge in [0.05, 0.1) is 23.8 Å². The van der Waals surface area contributed by atoms with E-state index < -0.39 is 5.97 Å². The van der Waals surface area contributed by atoms with Crippen LogP contribution in [0.25, 0.3) is 0 Å². The molecule has 0 spiro atoms. The first-order chi connectivity index (χ1) is 13.8. The van der Waals surface area contributed by atoms with Crippen LogP contribution < -0.4 is 15.4 Å². The zero-order valence-electron chi connectivity index (χ0n) is 15.9. The van der Waals surface area contributed by atoms with E-state index in [1.165, 1.54) is 18.9 Å². The number of rotatable bonds is 9. The summed E-state index contributed by atoms with van der Waals surface area (Å²) in [6.07, 6.45) is -0.301. The Morgan fingerprint density at radius 2 is 1.72 bits per heavy atom. The summed E-state index contributed by atoms with van der Waals surface area (Å²) in [7, 11) is 1.52. The summed E-state index contributed by atoms with van der Waals surface area (Å²) in [5.74, 6) is -1.03. The van der Waals surface area contributed by atoms with Crippen molar-refractivity contribution in [3.05, 3.63) is 47.5 Å². The first-order valence-electron chi connectivity index (χ1n) is 8.71. The molecule has 3 N–H and O–H groups in total. The van der Waals surface area contributed by atoms with Crippen molar-refractivity contribution in [2.24, 2.45) is 0 Å². The fourth-order valence-electron chi connectivity index (χ4n) is 2.31. The number of benzene rings is 2. The van der Waals surface area contributed by atoms with Crippen molar-refractivity contribution in [3.8, 4) is 5.75 Å². The van der Waals surface area contributed by atoms with Crippen molar-refractivity contribution in [3.63, 3.8) is 0 Å². The van der Waals surface area contributed by atoms with Crippen LogP contribution in [0.3, 0.4) is 0 Å². The Labute approximate surface area is 177 Å². The lowest BCUT2D eigenvalue weighted by molar-refractivity contribution is -0.138. The fraction of sp³-hybridized carbons (Fsp3) is 0.250. The smallest absolute Gasteiger partial charge is 0.303 e. The van der Waals surface area contributed by atoms with Gasteiger partial charge in [0, 0.05) is 22.7 Å². The quantitative estimate of drug-likeness (QED) is 0.507. The summed E-state index contributed by atoms with van der Waals surface area (Å²) in [5, 5.41) is 14.1. The molecule has 2 amide bonds. The first kappa shape index (κ1) is 22.6. The molecule has 0 aromatic heterocycles. The minimum Gasteiger partial charge on any atom is -0.495 e. The third-order valence-corrected chi connectivity index (χ3v) is 5.21. The van der Waals surface area contributed by atoms with E-state index in [4.69, 9.17) is 21.4 Å². The number of nitrogens with one attached hydrogen (secondary N) is 2.